The van der Waals surface area contributed by atoms with Gasteiger partial charge in [-0.3, -0.25) is 4.79 Å². The Balaban J connectivity index is 1.95. The summed E-state index contributed by atoms with van der Waals surface area (Å²) in [5.41, 5.74) is 1.03. The molecule has 0 bridgehead atoms. The maximum absolute atomic E-state index is 11.7. The van der Waals surface area contributed by atoms with E-state index in [9.17, 15) is 9.59 Å². The van der Waals surface area contributed by atoms with Gasteiger partial charge in [0.1, 0.15) is 12.0 Å². The van der Waals surface area contributed by atoms with Crippen LogP contribution in [0.1, 0.15) is 26.4 Å². The maximum Gasteiger partial charge on any atom is 0.354 e. The van der Waals surface area contributed by atoms with Crippen molar-refractivity contribution in [1.29, 1.82) is 0 Å². The van der Waals surface area contributed by atoms with E-state index in [4.69, 9.17) is 5.11 Å². The van der Waals surface area contributed by atoms with Crippen LogP contribution >= 0.6 is 0 Å². The van der Waals surface area contributed by atoms with Gasteiger partial charge in [-0.25, -0.2) is 19.7 Å². The first-order valence-corrected chi connectivity index (χ1v) is 5.38. The molecule has 2 heterocycles. The highest BCUT2D eigenvalue weighted by Crippen LogP contribution is 2.01. The maximum atomic E-state index is 11.7. The van der Waals surface area contributed by atoms with Gasteiger partial charge in [0.15, 0.2) is 0 Å². The largest absolute Gasteiger partial charge is 0.477 e. The normalized spacial score (nSPS) is 9.89. The van der Waals surface area contributed by atoms with E-state index in [1.165, 1.54) is 31.0 Å². The van der Waals surface area contributed by atoms with E-state index in [0.29, 0.717) is 11.1 Å². The number of carbonyl (C=O) groups excluding carboxylic acids is 1. The summed E-state index contributed by atoms with van der Waals surface area (Å²) in [6.45, 7) is 0.251. The number of pyridine rings is 1. The number of aromatic nitrogens is 3. The average molecular weight is 258 g/mol. The number of hydrogen-bond acceptors (Lipinski definition) is 5. The lowest BCUT2D eigenvalue weighted by molar-refractivity contribution is 0.0690. The van der Waals surface area contributed by atoms with Crippen LogP contribution < -0.4 is 5.32 Å². The molecule has 0 aliphatic carbocycles. The summed E-state index contributed by atoms with van der Waals surface area (Å²) in [6.07, 6.45) is 5.57. The first kappa shape index (κ1) is 12.6. The monoisotopic (exact) mass is 258 g/mol. The smallest absolute Gasteiger partial charge is 0.354 e. The van der Waals surface area contributed by atoms with E-state index in [1.54, 1.807) is 6.07 Å². The molecule has 0 saturated heterocycles. The van der Waals surface area contributed by atoms with Crippen LogP contribution in [0.4, 0.5) is 0 Å². The number of carbonyl (C=O) groups is 2. The second-order valence-corrected chi connectivity index (χ2v) is 3.67. The highest BCUT2D eigenvalue weighted by atomic mass is 16.4. The molecule has 0 fully saturated rings. The lowest BCUT2D eigenvalue weighted by Gasteiger charge is -2.04. The number of carboxylic acid groups (broad SMARTS) is 1. The second kappa shape index (κ2) is 5.67. The van der Waals surface area contributed by atoms with Crippen LogP contribution in [0, 0.1) is 0 Å². The number of aromatic carboxylic acids is 1. The minimum Gasteiger partial charge on any atom is -0.477 e. The van der Waals surface area contributed by atoms with Gasteiger partial charge < -0.3 is 10.4 Å². The molecule has 2 aromatic heterocycles. The van der Waals surface area contributed by atoms with Crippen LogP contribution in [0.5, 0.6) is 0 Å². The number of hydrogen-bond donors (Lipinski definition) is 2. The molecule has 0 aliphatic heterocycles. The molecule has 0 aliphatic rings. The molecule has 96 valence electrons. The summed E-state index contributed by atoms with van der Waals surface area (Å²) < 4.78 is 0. The minimum atomic E-state index is -1.09. The molecular weight excluding hydrogens is 248 g/mol. The Morgan fingerprint density at radius 1 is 1.16 bits per heavy atom. The van der Waals surface area contributed by atoms with Crippen LogP contribution in [0.2, 0.25) is 0 Å². The van der Waals surface area contributed by atoms with Gasteiger partial charge in [-0.2, -0.15) is 0 Å². The van der Waals surface area contributed by atoms with Crippen molar-refractivity contribution in [2.75, 3.05) is 0 Å². The molecule has 7 heteroatoms. The standard InChI is InChI=1S/C12H10N4O3/c17-11(9-5-13-7-14-6-9)16-4-8-1-2-10(12(18)19)15-3-8/h1-3,5-7H,4H2,(H,16,17)(H,18,19). The van der Waals surface area contributed by atoms with Crippen LogP contribution in [-0.4, -0.2) is 31.9 Å². The molecule has 2 rings (SSSR count). The van der Waals surface area contributed by atoms with Crippen molar-refractivity contribution in [2.45, 2.75) is 6.54 Å². The first-order valence-electron chi connectivity index (χ1n) is 5.38. The Hall–Kier alpha value is -2.83. The van der Waals surface area contributed by atoms with Crippen molar-refractivity contribution < 1.29 is 14.7 Å². The van der Waals surface area contributed by atoms with E-state index < -0.39 is 5.97 Å². The Labute approximate surface area is 108 Å². The van der Waals surface area contributed by atoms with Gasteiger partial charge in [0.2, 0.25) is 0 Å². The Morgan fingerprint density at radius 3 is 2.47 bits per heavy atom. The van der Waals surface area contributed by atoms with Gasteiger partial charge in [-0.05, 0) is 11.6 Å². The average Bonchev–Trinajstić information content (AvgIpc) is 2.46. The fraction of sp³-hybridized carbons (Fsp3) is 0.0833. The number of nitrogens with zero attached hydrogens (tertiary/aromatic N) is 3. The predicted molar refractivity (Wildman–Crippen MR) is 64.4 cm³/mol. The fourth-order valence-corrected chi connectivity index (χ4v) is 1.36. The number of nitrogens with one attached hydrogen (secondary N) is 1. The number of amides is 1. The lowest BCUT2D eigenvalue weighted by atomic mass is 10.2. The van der Waals surface area contributed by atoms with E-state index in [0.717, 1.165) is 0 Å². The molecule has 0 unspecified atom stereocenters. The SMILES string of the molecule is O=C(NCc1ccc(C(=O)O)nc1)c1cncnc1. The highest BCUT2D eigenvalue weighted by Gasteiger charge is 2.07. The van der Waals surface area contributed by atoms with Gasteiger partial charge in [-0.1, -0.05) is 6.07 Å². The zero-order chi connectivity index (χ0) is 13.7. The van der Waals surface area contributed by atoms with Crippen molar-refractivity contribution in [3.8, 4) is 0 Å². The molecule has 0 radical (unpaired) electrons. The quantitative estimate of drug-likeness (QED) is 0.827. The first-order chi connectivity index (χ1) is 9.16. The Kier molecular flexibility index (Phi) is 3.77. The van der Waals surface area contributed by atoms with Crippen LogP contribution in [0.3, 0.4) is 0 Å². The third kappa shape index (κ3) is 3.32. The summed E-state index contributed by atoms with van der Waals surface area (Å²) in [7, 11) is 0. The molecule has 0 atom stereocenters. The van der Waals surface area contributed by atoms with Crippen molar-refractivity contribution in [3.63, 3.8) is 0 Å². The van der Waals surface area contributed by atoms with E-state index in [2.05, 4.69) is 20.3 Å². The molecule has 1 amide bonds. The molecule has 19 heavy (non-hydrogen) atoms. The Morgan fingerprint density at radius 2 is 1.89 bits per heavy atom. The van der Waals surface area contributed by atoms with Gasteiger partial charge in [-0.15, -0.1) is 0 Å². The summed E-state index contributed by atoms with van der Waals surface area (Å²) in [6, 6.07) is 2.98. The van der Waals surface area contributed by atoms with Gasteiger partial charge in [0.05, 0.1) is 5.56 Å². The van der Waals surface area contributed by atoms with Gasteiger partial charge >= 0.3 is 5.97 Å². The third-order valence-corrected chi connectivity index (χ3v) is 2.32. The van der Waals surface area contributed by atoms with Crippen LogP contribution in [-0.2, 0) is 6.54 Å². The number of carboxylic acids is 1. The topological polar surface area (TPSA) is 105 Å². The predicted octanol–water partition coefficient (Wildman–Crippen LogP) is 0.500. The summed E-state index contributed by atoms with van der Waals surface area (Å²) >= 11 is 0. The summed E-state index contributed by atoms with van der Waals surface area (Å²) in [4.78, 5) is 33.5. The fourth-order valence-electron chi connectivity index (χ4n) is 1.36. The van der Waals surface area contributed by atoms with Crippen molar-refractivity contribution >= 4 is 11.9 Å². The van der Waals surface area contributed by atoms with E-state index in [-0.39, 0.29) is 18.1 Å². The molecule has 0 saturated carbocycles. The van der Waals surface area contributed by atoms with Crippen molar-refractivity contribution in [2.24, 2.45) is 0 Å². The van der Waals surface area contributed by atoms with Crippen LogP contribution in [0.25, 0.3) is 0 Å². The van der Waals surface area contributed by atoms with Gasteiger partial charge in [0, 0.05) is 25.1 Å². The second-order valence-electron chi connectivity index (χ2n) is 3.67. The Bertz CT molecular complexity index is 584. The minimum absolute atomic E-state index is 0.0356. The molecule has 2 aromatic rings. The molecule has 0 spiro atoms. The molecule has 0 aromatic carbocycles. The van der Waals surface area contributed by atoms with Crippen molar-refractivity contribution in [1.82, 2.24) is 20.3 Å². The summed E-state index contributed by atoms with van der Waals surface area (Å²) in [5, 5.41) is 11.4. The molecule has 7 nitrogen and oxygen atoms in total. The lowest BCUT2D eigenvalue weighted by Crippen LogP contribution is -2.23. The zero-order valence-corrected chi connectivity index (χ0v) is 9.78. The third-order valence-electron chi connectivity index (χ3n) is 2.32. The van der Waals surface area contributed by atoms with E-state index >= 15 is 0 Å². The highest BCUT2D eigenvalue weighted by molar-refractivity contribution is 5.93. The van der Waals surface area contributed by atoms with Gasteiger partial charge in [0.25, 0.3) is 5.91 Å². The molecule has 2 N–H and O–H groups in total. The van der Waals surface area contributed by atoms with Crippen LogP contribution in [0.15, 0.2) is 37.1 Å². The van der Waals surface area contributed by atoms with E-state index in [1.807, 2.05) is 0 Å². The van der Waals surface area contributed by atoms with Crippen molar-refractivity contribution in [3.05, 3.63) is 53.9 Å². The molecular formula is C12H10N4O3. The summed E-state index contributed by atoms with van der Waals surface area (Å²) in [5.74, 6) is -1.39. The number of rotatable bonds is 4. The zero-order valence-electron chi connectivity index (χ0n) is 9.78.